The number of carbonyl (C=O) groups is 4. The van der Waals surface area contributed by atoms with Gasteiger partial charge in [0, 0.05) is 31.7 Å². The lowest BCUT2D eigenvalue weighted by molar-refractivity contribution is -0.269. The minimum absolute atomic E-state index is 0.629. The van der Waals surface area contributed by atoms with E-state index in [1.165, 1.54) is 0 Å². The van der Waals surface area contributed by atoms with Crippen LogP contribution in [-0.2, 0) is 38.1 Å². The van der Waals surface area contributed by atoms with Crippen LogP contribution in [-0.4, -0.2) is 66.2 Å². The molecule has 1 unspecified atom stereocenters. The molecule has 0 saturated carbocycles. The Bertz CT molecular complexity index is 562. The molecule has 1 saturated heterocycles. The summed E-state index contributed by atoms with van der Waals surface area (Å²) >= 11 is 0. The van der Waals surface area contributed by atoms with Gasteiger partial charge in [-0.2, -0.15) is 0 Å². The Hall–Kier alpha value is -2.20. The highest BCUT2D eigenvalue weighted by molar-refractivity contribution is 5.74. The van der Waals surface area contributed by atoms with Gasteiger partial charge < -0.3 is 29.4 Å². The van der Waals surface area contributed by atoms with E-state index < -0.39 is 81.8 Å². The van der Waals surface area contributed by atoms with Crippen molar-refractivity contribution in [1.29, 1.82) is 0 Å². The Kier molecular flexibility index (Phi) is 5.49. The number of nitrogens with one attached hydrogen (secondary N) is 1. The summed E-state index contributed by atoms with van der Waals surface area (Å²) in [5.41, 5.74) is 0. The van der Waals surface area contributed by atoms with E-state index in [9.17, 15) is 24.3 Å². The third-order valence-corrected chi connectivity index (χ3v) is 2.98. The van der Waals surface area contributed by atoms with Crippen LogP contribution in [0.25, 0.3) is 0 Å². The second kappa shape index (κ2) is 8.60. The van der Waals surface area contributed by atoms with Crippen LogP contribution >= 0.6 is 0 Å². The molecule has 136 valence electrons. The molecule has 10 nitrogen and oxygen atoms in total. The number of carbonyl (C=O) groups excluding carboxylic acids is 4. The summed E-state index contributed by atoms with van der Waals surface area (Å²) in [6.07, 6.45) is -5.79. The lowest BCUT2D eigenvalue weighted by Gasteiger charge is -2.44. The molecule has 1 amide bonds. The van der Waals surface area contributed by atoms with E-state index in [1.54, 1.807) is 0 Å². The van der Waals surface area contributed by atoms with Gasteiger partial charge in [0.05, 0.1) is 6.61 Å². The van der Waals surface area contributed by atoms with Crippen molar-refractivity contribution in [3.05, 3.63) is 0 Å². The average molecular weight is 350 g/mol. The van der Waals surface area contributed by atoms with Crippen LogP contribution in [0, 0.1) is 0 Å². The van der Waals surface area contributed by atoms with Crippen LogP contribution < -0.4 is 5.32 Å². The van der Waals surface area contributed by atoms with Crippen molar-refractivity contribution in [2.45, 2.75) is 58.3 Å². The molecule has 0 aliphatic carbocycles. The van der Waals surface area contributed by atoms with Gasteiger partial charge in [-0.1, -0.05) is 0 Å². The number of rotatable bonds is 5. The molecule has 0 aromatic heterocycles. The minimum atomic E-state index is -1.56. The second-order valence-electron chi connectivity index (χ2n) is 4.85. The largest absolute Gasteiger partial charge is 0.456 e. The van der Waals surface area contributed by atoms with Crippen LogP contribution in [0.4, 0.5) is 0 Å². The van der Waals surface area contributed by atoms with Gasteiger partial charge in [-0.25, -0.2) is 0 Å². The number of amides is 1. The predicted octanol–water partition coefficient (Wildman–Crippen LogP) is -1.37. The fraction of sp³-hybridized carbons (Fsp3) is 0.714. The van der Waals surface area contributed by atoms with Crippen LogP contribution in [0.1, 0.15) is 31.7 Å². The molecule has 5 atom stereocenters. The lowest BCUT2D eigenvalue weighted by atomic mass is 9.96. The van der Waals surface area contributed by atoms with Gasteiger partial charge in [0.1, 0.15) is 12.1 Å². The smallest absolute Gasteiger partial charge is 0.305 e. The Balaban J connectivity index is 3.27. The van der Waals surface area contributed by atoms with E-state index in [-0.39, 0.29) is 0 Å². The maximum absolute atomic E-state index is 11.7. The first-order valence-corrected chi connectivity index (χ1v) is 6.76. The fourth-order valence-electron chi connectivity index (χ4n) is 2.25. The van der Waals surface area contributed by atoms with E-state index >= 15 is 0 Å². The molecule has 10 heteroatoms. The summed E-state index contributed by atoms with van der Waals surface area (Å²) in [6.45, 7) is -1.94. The van der Waals surface area contributed by atoms with Crippen LogP contribution in [0.3, 0.4) is 0 Å². The van der Waals surface area contributed by atoms with E-state index in [0.29, 0.717) is 0 Å². The zero-order chi connectivity index (χ0) is 20.6. The molecule has 0 bridgehead atoms. The monoisotopic (exact) mass is 350 g/mol. The molecule has 0 aromatic rings. The summed E-state index contributed by atoms with van der Waals surface area (Å²) < 4.78 is 41.5. The van der Waals surface area contributed by atoms with Crippen molar-refractivity contribution < 1.29 is 47.3 Å². The molecular weight excluding hydrogens is 326 g/mol. The maximum Gasteiger partial charge on any atom is 0.305 e. The number of ether oxygens (including phenoxy) is 4. The van der Waals surface area contributed by atoms with Crippen LogP contribution in [0.5, 0.6) is 0 Å². The summed E-state index contributed by atoms with van der Waals surface area (Å²) in [4.78, 5) is 46.2. The minimum Gasteiger partial charge on any atom is -0.456 e. The van der Waals surface area contributed by atoms with Crippen molar-refractivity contribution in [1.82, 2.24) is 5.32 Å². The number of hydrogen-bond acceptors (Lipinski definition) is 9. The second-order valence-corrected chi connectivity index (χ2v) is 4.85. The first-order chi connectivity index (χ1) is 12.8. The molecular formula is C14H21NO9. The molecule has 1 rings (SSSR count). The Morgan fingerprint density at radius 3 is 2.08 bits per heavy atom. The Morgan fingerprint density at radius 1 is 1.04 bits per heavy atom. The highest BCUT2D eigenvalue weighted by atomic mass is 16.7. The maximum atomic E-state index is 11.7. The third-order valence-electron chi connectivity index (χ3n) is 2.98. The van der Waals surface area contributed by atoms with Gasteiger partial charge in [0.25, 0.3) is 0 Å². The highest BCUT2D eigenvalue weighted by Gasteiger charge is 2.51. The van der Waals surface area contributed by atoms with Crippen molar-refractivity contribution in [2.75, 3.05) is 6.61 Å². The fourth-order valence-corrected chi connectivity index (χ4v) is 2.25. The van der Waals surface area contributed by atoms with Crippen molar-refractivity contribution >= 4 is 23.8 Å². The molecule has 1 aliphatic heterocycles. The number of aliphatic hydroxyl groups excluding tert-OH is 1. The molecule has 1 heterocycles. The lowest BCUT2D eigenvalue weighted by Crippen LogP contribution is -2.66. The van der Waals surface area contributed by atoms with E-state index in [4.69, 9.17) is 23.1 Å². The number of hydrogen-bond donors (Lipinski definition) is 2. The van der Waals surface area contributed by atoms with Gasteiger partial charge in [0.2, 0.25) is 12.2 Å². The van der Waals surface area contributed by atoms with Crippen LogP contribution in [0.2, 0.25) is 0 Å². The number of esters is 3. The first-order valence-electron chi connectivity index (χ1n) is 8.89. The third kappa shape index (κ3) is 5.46. The Morgan fingerprint density at radius 2 is 1.58 bits per heavy atom. The van der Waals surface area contributed by atoms with E-state index in [2.05, 4.69) is 5.32 Å². The molecule has 24 heavy (non-hydrogen) atoms. The van der Waals surface area contributed by atoms with Crippen molar-refractivity contribution in [3.63, 3.8) is 0 Å². The van der Waals surface area contributed by atoms with E-state index in [0.717, 1.165) is 6.92 Å². The predicted molar refractivity (Wildman–Crippen MR) is 76.2 cm³/mol. The molecule has 0 spiro atoms. The standard InChI is InChI=1S/C14H21NO9/c1-6(17)15-11-13(22-8(3)19)12(21-7(2)18)10(5-16)24-14(11)23-9(4)20/h10-14,16H,5H2,1-4H3,(H,15,17)/t10-,11-,12-,13-,14?/m1/s1/i2D,3D,4D. The summed E-state index contributed by atoms with van der Waals surface area (Å²) in [7, 11) is 0. The summed E-state index contributed by atoms with van der Waals surface area (Å²) in [6, 6.07) is -1.35. The van der Waals surface area contributed by atoms with E-state index in [1.807, 2.05) is 0 Å². The molecule has 2 N–H and O–H groups in total. The molecule has 0 aromatic carbocycles. The molecule has 1 fully saturated rings. The number of aliphatic hydroxyl groups is 1. The average Bonchev–Trinajstić information content (AvgIpc) is 2.64. The van der Waals surface area contributed by atoms with Gasteiger partial charge in [-0.3, -0.25) is 19.2 Å². The topological polar surface area (TPSA) is 137 Å². The first kappa shape index (κ1) is 15.3. The highest BCUT2D eigenvalue weighted by Crippen LogP contribution is 2.27. The van der Waals surface area contributed by atoms with Gasteiger partial charge in [-0.05, 0) is 0 Å². The Labute approximate surface area is 142 Å². The van der Waals surface area contributed by atoms with Gasteiger partial charge >= 0.3 is 17.9 Å². The van der Waals surface area contributed by atoms with Gasteiger partial charge in [-0.15, -0.1) is 0 Å². The molecule has 1 aliphatic rings. The SMILES string of the molecule is [2H]CC(=O)OC1O[C@H](CO)[C@@H](OC(=O)C[2H])[C@H](OC(=O)C[2H])[C@H]1NC(C)=O. The van der Waals surface area contributed by atoms with Crippen LogP contribution in [0.15, 0.2) is 0 Å². The summed E-state index contributed by atoms with van der Waals surface area (Å²) in [5.74, 6) is -3.70. The quantitative estimate of drug-likeness (QED) is 0.454. The summed E-state index contributed by atoms with van der Waals surface area (Å²) in [5, 5.41) is 11.9. The molecule has 0 radical (unpaired) electrons. The zero-order valence-electron chi connectivity index (χ0n) is 15.9. The van der Waals surface area contributed by atoms with Crippen molar-refractivity contribution in [2.24, 2.45) is 0 Å². The zero-order valence-corrected chi connectivity index (χ0v) is 12.9. The normalized spacial score (nSPS) is 30.9. The van der Waals surface area contributed by atoms with Gasteiger partial charge in [0.15, 0.2) is 12.2 Å². The van der Waals surface area contributed by atoms with Crippen molar-refractivity contribution in [3.8, 4) is 0 Å².